The Labute approximate surface area is 133 Å². The topological polar surface area (TPSA) is 86.7 Å². The molecule has 1 aromatic rings. The number of nitrogens with zero attached hydrogens (tertiary/aromatic N) is 1. The monoisotopic (exact) mass is 378 g/mol. The van der Waals surface area contributed by atoms with E-state index in [1.807, 2.05) is 13.8 Å². The van der Waals surface area contributed by atoms with Gasteiger partial charge in [-0.3, -0.25) is 4.72 Å². The van der Waals surface area contributed by atoms with Gasteiger partial charge in [-0.25, -0.2) is 4.79 Å². The zero-order valence-corrected chi connectivity index (χ0v) is 14.4. The van der Waals surface area contributed by atoms with E-state index in [1.165, 1.54) is 10.4 Å². The van der Waals surface area contributed by atoms with Gasteiger partial charge in [-0.2, -0.15) is 12.7 Å². The normalized spacial score (nSPS) is 11.6. The molecule has 0 atom stereocenters. The average Bonchev–Trinajstić information content (AvgIpc) is 2.40. The van der Waals surface area contributed by atoms with Gasteiger partial charge in [0.25, 0.3) is 0 Å². The molecule has 0 aliphatic rings. The molecule has 0 aromatic heterocycles. The van der Waals surface area contributed by atoms with Gasteiger partial charge in [0.15, 0.2) is 0 Å². The van der Waals surface area contributed by atoms with E-state index in [-0.39, 0.29) is 11.3 Å². The molecule has 1 aromatic carbocycles. The first kappa shape index (κ1) is 17.9. The van der Waals surface area contributed by atoms with E-state index in [1.54, 1.807) is 12.1 Å². The molecule has 8 heteroatoms. The van der Waals surface area contributed by atoms with E-state index in [9.17, 15) is 13.2 Å². The van der Waals surface area contributed by atoms with E-state index in [2.05, 4.69) is 20.7 Å². The van der Waals surface area contributed by atoms with E-state index >= 15 is 0 Å². The van der Waals surface area contributed by atoms with Gasteiger partial charge in [-0.1, -0.05) is 19.9 Å². The average molecular weight is 379 g/mol. The summed E-state index contributed by atoms with van der Waals surface area (Å²) < 4.78 is 28.9. The molecule has 0 bridgehead atoms. The number of anilines is 1. The highest BCUT2D eigenvalue weighted by Crippen LogP contribution is 2.28. The summed E-state index contributed by atoms with van der Waals surface area (Å²) in [6, 6.07) is 4.49. The lowest BCUT2D eigenvalue weighted by atomic mass is 10.2. The smallest absolute Gasteiger partial charge is 0.337 e. The van der Waals surface area contributed by atoms with Crippen LogP contribution in [0.3, 0.4) is 0 Å². The number of para-hydroxylation sites is 1. The van der Waals surface area contributed by atoms with Crippen LogP contribution in [0.5, 0.6) is 0 Å². The van der Waals surface area contributed by atoms with Crippen LogP contribution >= 0.6 is 15.9 Å². The van der Waals surface area contributed by atoms with Gasteiger partial charge in [0.1, 0.15) is 0 Å². The largest absolute Gasteiger partial charge is 0.478 e. The number of carbonyl (C=O) groups is 1. The molecule has 0 amide bonds. The van der Waals surface area contributed by atoms with Crippen LogP contribution in [0.4, 0.5) is 5.69 Å². The number of benzene rings is 1. The van der Waals surface area contributed by atoms with Gasteiger partial charge in [0.05, 0.1) is 11.3 Å². The molecule has 0 fully saturated rings. The molecular weight excluding hydrogens is 360 g/mol. The van der Waals surface area contributed by atoms with E-state index < -0.39 is 16.2 Å². The first-order valence-electron chi connectivity index (χ1n) is 6.63. The minimum absolute atomic E-state index is 0.0437. The lowest BCUT2D eigenvalue weighted by Gasteiger charge is -2.22. The van der Waals surface area contributed by atoms with Crippen molar-refractivity contribution >= 4 is 37.8 Å². The maximum atomic E-state index is 12.4. The molecule has 6 nitrogen and oxygen atoms in total. The molecule has 2 N–H and O–H groups in total. The number of halogens is 1. The SMILES string of the molecule is CCCN(CCC)S(=O)(=O)Nc1c(Br)cccc1C(=O)O. The van der Waals surface area contributed by atoms with Crippen molar-refractivity contribution in [3.8, 4) is 0 Å². The Kier molecular flexibility index (Phi) is 6.63. The van der Waals surface area contributed by atoms with E-state index in [0.29, 0.717) is 30.4 Å². The third-order valence-electron chi connectivity index (χ3n) is 2.76. The summed E-state index contributed by atoms with van der Waals surface area (Å²) in [5.41, 5.74) is -0.0527. The highest BCUT2D eigenvalue weighted by Gasteiger charge is 2.24. The number of hydrogen-bond acceptors (Lipinski definition) is 3. The molecule has 0 unspecified atom stereocenters. The molecule has 21 heavy (non-hydrogen) atoms. The minimum atomic E-state index is -3.79. The minimum Gasteiger partial charge on any atom is -0.478 e. The Morgan fingerprint density at radius 1 is 1.29 bits per heavy atom. The van der Waals surface area contributed by atoms with Crippen LogP contribution in [0.25, 0.3) is 0 Å². The predicted molar refractivity (Wildman–Crippen MR) is 85.8 cm³/mol. The summed E-state index contributed by atoms with van der Waals surface area (Å²) in [6.07, 6.45) is 1.37. The maximum Gasteiger partial charge on any atom is 0.337 e. The van der Waals surface area contributed by atoms with Crippen molar-refractivity contribution in [1.29, 1.82) is 0 Å². The Morgan fingerprint density at radius 2 is 1.86 bits per heavy atom. The van der Waals surface area contributed by atoms with Gasteiger partial charge in [-0.05, 0) is 40.9 Å². The van der Waals surface area contributed by atoms with Crippen molar-refractivity contribution in [2.24, 2.45) is 0 Å². The maximum absolute atomic E-state index is 12.4. The molecule has 0 radical (unpaired) electrons. The van der Waals surface area contributed by atoms with Gasteiger partial charge < -0.3 is 5.11 Å². The first-order chi connectivity index (χ1) is 9.83. The highest BCUT2D eigenvalue weighted by atomic mass is 79.9. The lowest BCUT2D eigenvalue weighted by molar-refractivity contribution is 0.0698. The fourth-order valence-electron chi connectivity index (χ4n) is 1.85. The van der Waals surface area contributed by atoms with Crippen LogP contribution in [0.1, 0.15) is 37.0 Å². The fourth-order valence-corrected chi connectivity index (χ4v) is 3.90. The quantitative estimate of drug-likeness (QED) is 0.727. The van der Waals surface area contributed by atoms with Crippen LogP contribution in [0.2, 0.25) is 0 Å². The van der Waals surface area contributed by atoms with E-state index in [0.717, 1.165) is 0 Å². The van der Waals surface area contributed by atoms with Crippen molar-refractivity contribution in [2.45, 2.75) is 26.7 Å². The van der Waals surface area contributed by atoms with Crippen LogP contribution in [0, 0.1) is 0 Å². The Bertz CT molecular complexity index is 598. The van der Waals surface area contributed by atoms with Crippen LogP contribution < -0.4 is 4.72 Å². The second-order valence-electron chi connectivity index (χ2n) is 4.47. The van der Waals surface area contributed by atoms with Crippen molar-refractivity contribution in [3.63, 3.8) is 0 Å². The Hall–Kier alpha value is -1.12. The number of carboxylic acids is 1. The molecule has 0 heterocycles. The highest BCUT2D eigenvalue weighted by molar-refractivity contribution is 9.10. The van der Waals surface area contributed by atoms with Gasteiger partial charge in [-0.15, -0.1) is 0 Å². The molecule has 0 saturated carbocycles. The summed E-state index contributed by atoms with van der Waals surface area (Å²) in [4.78, 5) is 11.2. The van der Waals surface area contributed by atoms with Crippen molar-refractivity contribution in [2.75, 3.05) is 17.8 Å². The van der Waals surface area contributed by atoms with E-state index in [4.69, 9.17) is 5.11 Å². The molecule has 118 valence electrons. The third-order valence-corrected chi connectivity index (χ3v) is 4.93. The third kappa shape index (κ3) is 4.69. The van der Waals surface area contributed by atoms with Crippen LogP contribution in [-0.2, 0) is 10.2 Å². The van der Waals surface area contributed by atoms with Crippen molar-refractivity contribution in [1.82, 2.24) is 4.31 Å². The Balaban J connectivity index is 3.17. The molecule has 0 spiro atoms. The van der Waals surface area contributed by atoms with Gasteiger partial charge >= 0.3 is 16.2 Å². The Morgan fingerprint density at radius 3 is 2.33 bits per heavy atom. The fraction of sp³-hybridized carbons (Fsp3) is 0.462. The zero-order chi connectivity index (χ0) is 16.0. The number of carboxylic acid groups (broad SMARTS) is 1. The number of rotatable bonds is 8. The molecule has 0 aliphatic carbocycles. The molecule has 0 aliphatic heterocycles. The molecule has 0 saturated heterocycles. The summed E-state index contributed by atoms with van der Waals surface area (Å²) in [5.74, 6) is -1.19. The summed E-state index contributed by atoms with van der Waals surface area (Å²) in [5, 5.41) is 9.16. The summed E-state index contributed by atoms with van der Waals surface area (Å²) in [6.45, 7) is 4.55. The van der Waals surface area contributed by atoms with Crippen LogP contribution in [0.15, 0.2) is 22.7 Å². The van der Waals surface area contributed by atoms with Crippen LogP contribution in [-0.4, -0.2) is 36.9 Å². The molecule has 1 rings (SSSR count). The summed E-state index contributed by atoms with van der Waals surface area (Å²) in [7, 11) is -3.79. The van der Waals surface area contributed by atoms with Gasteiger partial charge in [0, 0.05) is 17.6 Å². The molecular formula is C13H19BrN2O4S. The first-order valence-corrected chi connectivity index (χ1v) is 8.86. The zero-order valence-electron chi connectivity index (χ0n) is 12.0. The second kappa shape index (κ2) is 7.77. The lowest BCUT2D eigenvalue weighted by Crippen LogP contribution is -2.37. The predicted octanol–water partition coefficient (Wildman–Crippen LogP) is 2.93. The number of nitrogens with one attached hydrogen (secondary N) is 1. The number of aromatic carboxylic acids is 1. The second-order valence-corrected chi connectivity index (χ2v) is 7.00. The van der Waals surface area contributed by atoms with Crippen molar-refractivity contribution < 1.29 is 18.3 Å². The van der Waals surface area contributed by atoms with Crippen molar-refractivity contribution in [3.05, 3.63) is 28.2 Å². The summed E-state index contributed by atoms with van der Waals surface area (Å²) >= 11 is 3.19. The standard InChI is InChI=1S/C13H19BrN2O4S/c1-3-8-16(9-4-2)21(19,20)15-12-10(13(17)18)6-5-7-11(12)14/h5-7,15H,3-4,8-9H2,1-2H3,(H,17,18). The van der Waals surface area contributed by atoms with Gasteiger partial charge in [0.2, 0.25) is 0 Å². The number of hydrogen-bond donors (Lipinski definition) is 2.